The highest BCUT2D eigenvalue weighted by Gasteiger charge is 2.13. The van der Waals surface area contributed by atoms with Crippen LogP contribution in [0.1, 0.15) is 29.8 Å². The highest BCUT2D eigenvalue weighted by Crippen LogP contribution is 2.28. The summed E-state index contributed by atoms with van der Waals surface area (Å²) in [6.07, 6.45) is 2.81. The summed E-state index contributed by atoms with van der Waals surface area (Å²) in [4.78, 5) is 5.66. The molecular formula is C16H16ClN3S2. The Bertz CT molecular complexity index is 724. The minimum atomic E-state index is 0.235. The molecule has 114 valence electrons. The van der Waals surface area contributed by atoms with E-state index in [9.17, 15) is 0 Å². The molecule has 2 aromatic heterocycles. The third kappa shape index (κ3) is 3.72. The van der Waals surface area contributed by atoms with Crippen LogP contribution in [0.3, 0.4) is 0 Å². The predicted molar refractivity (Wildman–Crippen MR) is 93.8 cm³/mol. The van der Waals surface area contributed by atoms with Gasteiger partial charge in [0.25, 0.3) is 0 Å². The van der Waals surface area contributed by atoms with Crippen LogP contribution in [0, 0.1) is 0 Å². The maximum absolute atomic E-state index is 5.95. The molecule has 2 heterocycles. The normalized spacial score (nSPS) is 12.5. The first-order chi connectivity index (χ1) is 10.8. The Morgan fingerprint density at radius 2 is 2.05 bits per heavy atom. The summed E-state index contributed by atoms with van der Waals surface area (Å²) in [6, 6.07) is 14.6. The van der Waals surface area contributed by atoms with Crippen molar-refractivity contribution in [2.45, 2.75) is 30.3 Å². The number of nitrogens with zero attached hydrogens (tertiary/aromatic N) is 3. The number of halogens is 1. The fourth-order valence-electron chi connectivity index (χ4n) is 2.29. The molecule has 1 aromatic carbocycles. The Morgan fingerprint density at radius 1 is 1.23 bits per heavy atom. The summed E-state index contributed by atoms with van der Waals surface area (Å²) in [6.45, 7) is 2.17. The molecule has 0 saturated carbocycles. The molecule has 0 spiro atoms. The first-order valence-electron chi connectivity index (χ1n) is 7.09. The lowest BCUT2D eigenvalue weighted by Crippen LogP contribution is -2.10. The van der Waals surface area contributed by atoms with Crippen LogP contribution in [0.15, 0.2) is 53.9 Å². The Morgan fingerprint density at radius 3 is 2.73 bits per heavy atom. The SMILES string of the molecule is CCC(c1ccccc1)n1cnc(SCc2ccc(Cl)s2)n1. The van der Waals surface area contributed by atoms with E-state index < -0.39 is 0 Å². The van der Waals surface area contributed by atoms with Crippen LogP contribution in [0.5, 0.6) is 0 Å². The van der Waals surface area contributed by atoms with Gasteiger partial charge in [-0.2, -0.15) is 0 Å². The van der Waals surface area contributed by atoms with Gasteiger partial charge in [0.1, 0.15) is 6.33 Å². The molecule has 0 N–H and O–H groups in total. The summed E-state index contributed by atoms with van der Waals surface area (Å²) < 4.78 is 2.78. The summed E-state index contributed by atoms with van der Waals surface area (Å²) in [5.74, 6) is 0.851. The van der Waals surface area contributed by atoms with Crippen molar-refractivity contribution in [1.82, 2.24) is 14.8 Å². The van der Waals surface area contributed by atoms with E-state index in [0.717, 1.165) is 21.7 Å². The number of rotatable bonds is 6. The van der Waals surface area contributed by atoms with Crippen LogP contribution in [0.2, 0.25) is 4.34 Å². The largest absolute Gasteiger partial charge is 0.244 e. The highest BCUT2D eigenvalue weighted by atomic mass is 35.5. The van der Waals surface area contributed by atoms with Crippen LogP contribution in [0.25, 0.3) is 0 Å². The van der Waals surface area contributed by atoms with E-state index in [1.165, 1.54) is 10.4 Å². The molecule has 0 bridgehead atoms. The predicted octanol–water partition coefficient (Wildman–Crippen LogP) is 5.28. The first-order valence-corrected chi connectivity index (χ1v) is 9.27. The Labute approximate surface area is 143 Å². The average molecular weight is 350 g/mol. The van der Waals surface area contributed by atoms with Crippen molar-refractivity contribution in [2.75, 3.05) is 0 Å². The van der Waals surface area contributed by atoms with Crippen molar-refractivity contribution in [3.8, 4) is 0 Å². The first kappa shape index (κ1) is 15.6. The van der Waals surface area contributed by atoms with E-state index in [-0.39, 0.29) is 6.04 Å². The maximum Gasteiger partial charge on any atom is 0.208 e. The van der Waals surface area contributed by atoms with Gasteiger partial charge >= 0.3 is 0 Å². The lowest BCUT2D eigenvalue weighted by Gasteiger charge is -2.14. The van der Waals surface area contributed by atoms with Crippen molar-refractivity contribution >= 4 is 34.7 Å². The number of thiophene rings is 1. The second kappa shape index (κ2) is 7.31. The second-order valence-corrected chi connectivity index (χ2v) is 7.58. The summed E-state index contributed by atoms with van der Waals surface area (Å²) in [5.41, 5.74) is 1.26. The molecule has 0 fully saturated rings. The van der Waals surface area contributed by atoms with Gasteiger partial charge in [-0.25, -0.2) is 9.67 Å². The van der Waals surface area contributed by atoms with E-state index >= 15 is 0 Å². The zero-order chi connectivity index (χ0) is 15.4. The van der Waals surface area contributed by atoms with Crippen LogP contribution in [-0.4, -0.2) is 14.8 Å². The van der Waals surface area contributed by atoms with Crippen LogP contribution in [0.4, 0.5) is 0 Å². The van der Waals surface area contributed by atoms with Gasteiger partial charge in [0.15, 0.2) is 0 Å². The second-order valence-electron chi connectivity index (χ2n) is 4.84. The summed E-state index contributed by atoms with van der Waals surface area (Å²) in [5, 5.41) is 5.42. The van der Waals surface area contributed by atoms with Gasteiger partial charge < -0.3 is 0 Å². The lowest BCUT2D eigenvalue weighted by atomic mass is 10.1. The van der Waals surface area contributed by atoms with Crippen molar-refractivity contribution in [3.63, 3.8) is 0 Å². The minimum Gasteiger partial charge on any atom is -0.244 e. The van der Waals surface area contributed by atoms with Gasteiger partial charge in [0, 0.05) is 10.6 Å². The molecule has 0 aliphatic heterocycles. The molecule has 3 nitrogen and oxygen atoms in total. The van der Waals surface area contributed by atoms with Gasteiger partial charge in [-0.15, -0.1) is 16.4 Å². The molecule has 0 aliphatic carbocycles. The van der Waals surface area contributed by atoms with Crippen LogP contribution < -0.4 is 0 Å². The Hall–Kier alpha value is -1.30. The third-order valence-corrected chi connectivity index (χ3v) is 5.66. The molecule has 0 saturated heterocycles. The van der Waals surface area contributed by atoms with E-state index in [4.69, 9.17) is 11.6 Å². The monoisotopic (exact) mass is 349 g/mol. The smallest absolute Gasteiger partial charge is 0.208 e. The molecule has 6 heteroatoms. The number of hydrogen-bond acceptors (Lipinski definition) is 4. The minimum absolute atomic E-state index is 0.235. The molecule has 0 amide bonds. The number of thioether (sulfide) groups is 1. The van der Waals surface area contributed by atoms with Gasteiger partial charge in [0.2, 0.25) is 5.16 Å². The average Bonchev–Trinajstić information content (AvgIpc) is 3.16. The molecule has 3 rings (SSSR count). The molecular weight excluding hydrogens is 334 g/mol. The maximum atomic E-state index is 5.95. The van der Waals surface area contributed by atoms with E-state index in [1.807, 2.05) is 23.1 Å². The number of aromatic nitrogens is 3. The molecule has 1 unspecified atom stereocenters. The lowest BCUT2D eigenvalue weighted by molar-refractivity contribution is 0.500. The molecule has 3 aromatic rings. The fourth-order valence-corrected chi connectivity index (χ4v) is 4.23. The molecule has 1 atom stereocenters. The summed E-state index contributed by atoms with van der Waals surface area (Å²) in [7, 11) is 0. The van der Waals surface area contributed by atoms with E-state index in [0.29, 0.717) is 0 Å². The standard InChI is InChI=1S/C16H16ClN3S2/c1-2-14(12-6-4-3-5-7-12)20-11-18-16(19-20)21-10-13-8-9-15(17)22-13/h3-9,11,14H,2,10H2,1H3. The zero-order valence-corrected chi connectivity index (χ0v) is 14.5. The van der Waals surface area contributed by atoms with E-state index in [2.05, 4.69) is 47.3 Å². The Balaban J connectivity index is 1.69. The molecule has 0 radical (unpaired) electrons. The van der Waals surface area contributed by atoms with Gasteiger partial charge in [0.05, 0.1) is 10.4 Å². The zero-order valence-electron chi connectivity index (χ0n) is 12.1. The van der Waals surface area contributed by atoms with E-state index in [1.54, 1.807) is 23.1 Å². The van der Waals surface area contributed by atoms with Crippen molar-refractivity contribution in [1.29, 1.82) is 0 Å². The molecule has 0 aliphatic rings. The fraction of sp³-hybridized carbons (Fsp3) is 0.250. The number of hydrogen-bond donors (Lipinski definition) is 0. The quantitative estimate of drug-likeness (QED) is 0.567. The van der Waals surface area contributed by atoms with Crippen LogP contribution in [-0.2, 0) is 5.75 Å². The van der Waals surface area contributed by atoms with Gasteiger partial charge in [-0.3, -0.25) is 0 Å². The summed E-state index contributed by atoms with van der Waals surface area (Å²) >= 11 is 9.19. The van der Waals surface area contributed by atoms with Crippen molar-refractivity contribution in [2.24, 2.45) is 0 Å². The van der Waals surface area contributed by atoms with Crippen molar-refractivity contribution in [3.05, 3.63) is 63.6 Å². The Kier molecular flexibility index (Phi) is 5.18. The van der Waals surface area contributed by atoms with Crippen molar-refractivity contribution < 1.29 is 0 Å². The topological polar surface area (TPSA) is 30.7 Å². The molecule has 22 heavy (non-hydrogen) atoms. The van der Waals surface area contributed by atoms with Gasteiger partial charge in [-0.05, 0) is 24.1 Å². The van der Waals surface area contributed by atoms with Gasteiger partial charge in [-0.1, -0.05) is 60.6 Å². The van der Waals surface area contributed by atoms with Crippen LogP contribution >= 0.6 is 34.7 Å². The highest BCUT2D eigenvalue weighted by molar-refractivity contribution is 7.98. The third-order valence-electron chi connectivity index (χ3n) is 3.35. The number of benzene rings is 1.